The molecule has 27 heavy (non-hydrogen) atoms. The molecule has 0 bridgehead atoms. The van der Waals surface area contributed by atoms with Gasteiger partial charge < -0.3 is 10.2 Å². The van der Waals surface area contributed by atoms with Crippen molar-refractivity contribution in [1.82, 2.24) is 4.90 Å². The van der Waals surface area contributed by atoms with E-state index < -0.39 is 17.7 Å². The number of hydrogen-bond donors (Lipinski definition) is 1. The Morgan fingerprint density at radius 3 is 2.44 bits per heavy atom. The average Bonchev–Trinajstić information content (AvgIpc) is 2.96. The second-order valence-electron chi connectivity index (χ2n) is 6.43. The molecular formula is C20H20N4O3. The predicted octanol–water partition coefficient (Wildman–Crippen LogP) is 2.37. The van der Waals surface area contributed by atoms with Crippen molar-refractivity contribution in [1.29, 1.82) is 0 Å². The van der Waals surface area contributed by atoms with Gasteiger partial charge in [0.2, 0.25) is 5.91 Å². The van der Waals surface area contributed by atoms with Crippen LogP contribution in [-0.4, -0.2) is 42.4 Å². The highest BCUT2D eigenvalue weighted by Crippen LogP contribution is 2.24. The number of hydrogen-bond acceptors (Lipinski definition) is 4. The van der Waals surface area contributed by atoms with Gasteiger partial charge in [-0.1, -0.05) is 24.3 Å². The third-order valence-corrected chi connectivity index (χ3v) is 4.18. The molecule has 0 saturated carbocycles. The Labute approximate surface area is 157 Å². The largest absolute Gasteiger partial charge is 0.345 e. The lowest BCUT2D eigenvalue weighted by Gasteiger charge is -2.15. The topological polar surface area (TPSA) is 82.1 Å². The van der Waals surface area contributed by atoms with Gasteiger partial charge in [-0.05, 0) is 37.3 Å². The van der Waals surface area contributed by atoms with Gasteiger partial charge in [-0.25, -0.2) is 0 Å². The maximum Gasteiger partial charge on any atom is 0.265 e. The molecule has 0 fully saturated rings. The van der Waals surface area contributed by atoms with Crippen molar-refractivity contribution >= 4 is 34.8 Å². The molecule has 0 radical (unpaired) electrons. The predicted molar refractivity (Wildman–Crippen MR) is 104 cm³/mol. The molecule has 1 aliphatic rings. The van der Waals surface area contributed by atoms with Crippen LogP contribution < -0.4 is 10.3 Å². The second-order valence-corrected chi connectivity index (χ2v) is 6.43. The van der Waals surface area contributed by atoms with Gasteiger partial charge in [-0.3, -0.25) is 14.4 Å². The van der Waals surface area contributed by atoms with Crippen molar-refractivity contribution in [3.63, 3.8) is 0 Å². The van der Waals surface area contributed by atoms with Gasteiger partial charge in [0.25, 0.3) is 11.8 Å². The Morgan fingerprint density at radius 2 is 1.78 bits per heavy atom. The number of nitrogens with zero attached hydrogens (tertiary/aromatic N) is 3. The zero-order valence-electron chi connectivity index (χ0n) is 15.3. The molecular weight excluding hydrogens is 344 g/mol. The van der Waals surface area contributed by atoms with E-state index in [-0.39, 0.29) is 5.91 Å². The van der Waals surface area contributed by atoms with E-state index in [1.54, 1.807) is 69.6 Å². The monoisotopic (exact) mass is 364 g/mol. The van der Waals surface area contributed by atoms with Crippen molar-refractivity contribution in [3.8, 4) is 0 Å². The van der Waals surface area contributed by atoms with Crippen LogP contribution in [0.4, 0.5) is 11.4 Å². The quantitative estimate of drug-likeness (QED) is 0.846. The van der Waals surface area contributed by atoms with E-state index >= 15 is 0 Å². The van der Waals surface area contributed by atoms with Crippen molar-refractivity contribution in [2.75, 3.05) is 24.4 Å². The number of para-hydroxylation sites is 1. The molecule has 1 atom stereocenters. The zero-order chi connectivity index (χ0) is 19.6. The maximum absolute atomic E-state index is 12.7. The highest BCUT2D eigenvalue weighted by molar-refractivity contribution is 6.28. The highest BCUT2D eigenvalue weighted by atomic mass is 16.2. The number of hydrazone groups is 1. The first-order valence-corrected chi connectivity index (χ1v) is 8.45. The van der Waals surface area contributed by atoms with E-state index in [9.17, 15) is 14.4 Å². The van der Waals surface area contributed by atoms with Crippen molar-refractivity contribution in [2.45, 2.75) is 6.92 Å². The third kappa shape index (κ3) is 3.72. The smallest absolute Gasteiger partial charge is 0.265 e. The van der Waals surface area contributed by atoms with E-state index in [0.29, 0.717) is 22.6 Å². The normalized spacial score (nSPS) is 16.1. The van der Waals surface area contributed by atoms with Gasteiger partial charge >= 0.3 is 0 Å². The third-order valence-electron chi connectivity index (χ3n) is 4.18. The van der Waals surface area contributed by atoms with E-state index in [4.69, 9.17) is 0 Å². The van der Waals surface area contributed by atoms with Crippen LogP contribution in [0.15, 0.2) is 59.7 Å². The fourth-order valence-electron chi connectivity index (χ4n) is 2.82. The van der Waals surface area contributed by atoms with E-state index in [2.05, 4.69) is 10.4 Å². The number of anilines is 2. The zero-order valence-corrected chi connectivity index (χ0v) is 15.3. The Morgan fingerprint density at radius 1 is 1.07 bits per heavy atom. The van der Waals surface area contributed by atoms with Gasteiger partial charge in [0.1, 0.15) is 0 Å². The van der Waals surface area contributed by atoms with Gasteiger partial charge in [0.15, 0.2) is 5.92 Å². The molecule has 1 aliphatic heterocycles. The molecule has 0 saturated heterocycles. The summed E-state index contributed by atoms with van der Waals surface area (Å²) in [7, 11) is 3.31. The van der Waals surface area contributed by atoms with E-state index in [1.165, 1.54) is 9.91 Å². The van der Waals surface area contributed by atoms with Crippen LogP contribution in [0.25, 0.3) is 0 Å². The molecule has 7 heteroatoms. The average molecular weight is 364 g/mol. The maximum atomic E-state index is 12.7. The van der Waals surface area contributed by atoms with E-state index in [1.807, 2.05) is 6.07 Å². The van der Waals surface area contributed by atoms with Crippen LogP contribution in [0.1, 0.15) is 17.3 Å². The molecule has 2 aromatic carbocycles. The summed E-state index contributed by atoms with van der Waals surface area (Å²) in [4.78, 5) is 38.9. The number of carbonyl (C=O) groups is 3. The molecule has 0 aliphatic carbocycles. The van der Waals surface area contributed by atoms with Crippen molar-refractivity contribution in [3.05, 3.63) is 60.2 Å². The number of benzene rings is 2. The van der Waals surface area contributed by atoms with E-state index in [0.717, 1.165) is 0 Å². The van der Waals surface area contributed by atoms with Gasteiger partial charge in [-0.2, -0.15) is 10.1 Å². The molecule has 3 amide bonds. The molecule has 0 aromatic heterocycles. The standard InChI is InChI=1S/C20H20N4O3/c1-13-17(20(27)24(22-13)16-10-5-4-6-11-16)18(25)21-15-9-7-8-14(12-15)19(26)23(2)3/h4-12,17H,1-3H3,(H,21,25). The minimum Gasteiger partial charge on any atom is -0.345 e. The molecule has 1 heterocycles. The summed E-state index contributed by atoms with van der Waals surface area (Å²) in [6, 6.07) is 15.6. The first-order valence-electron chi connectivity index (χ1n) is 8.45. The van der Waals surface area contributed by atoms with Crippen LogP contribution in [0, 0.1) is 5.92 Å². The minimum absolute atomic E-state index is 0.170. The SMILES string of the molecule is CC1=NN(c2ccccc2)C(=O)C1C(=O)Nc1cccc(C(=O)N(C)C)c1. The van der Waals surface area contributed by atoms with Gasteiger partial charge in [0.05, 0.1) is 11.4 Å². The second kappa shape index (κ2) is 7.41. The highest BCUT2D eigenvalue weighted by Gasteiger charge is 2.39. The minimum atomic E-state index is -1.00. The summed E-state index contributed by atoms with van der Waals surface area (Å²) in [5.74, 6) is -2.06. The fourth-order valence-corrected chi connectivity index (χ4v) is 2.82. The first kappa shape index (κ1) is 18.3. The molecule has 1 N–H and O–H groups in total. The number of rotatable bonds is 4. The fraction of sp³-hybridized carbons (Fsp3) is 0.200. The number of carbonyl (C=O) groups excluding carboxylic acids is 3. The van der Waals surface area contributed by atoms with Gasteiger partial charge in [0, 0.05) is 25.3 Å². The van der Waals surface area contributed by atoms with Crippen LogP contribution in [0.5, 0.6) is 0 Å². The first-order chi connectivity index (χ1) is 12.9. The number of nitrogens with one attached hydrogen (secondary N) is 1. The summed E-state index contributed by atoms with van der Waals surface area (Å²) < 4.78 is 0. The Bertz CT molecular complexity index is 922. The number of amides is 3. The Kier molecular flexibility index (Phi) is 5.03. The van der Waals surface area contributed by atoms with Crippen LogP contribution >= 0.6 is 0 Å². The van der Waals surface area contributed by atoms with Crippen molar-refractivity contribution in [2.24, 2.45) is 11.0 Å². The molecule has 7 nitrogen and oxygen atoms in total. The lowest BCUT2D eigenvalue weighted by Crippen LogP contribution is -2.36. The molecule has 0 spiro atoms. The summed E-state index contributed by atoms with van der Waals surface area (Å²) in [5, 5.41) is 8.19. The van der Waals surface area contributed by atoms with Crippen LogP contribution in [0.3, 0.4) is 0 Å². The Balaban J connectivity index is 1.77. The molecule has 138 valence electrons. The molecule has 1 unspecified atom stereocenters. The Hall–Kier alpha value is -3.48. The lowest BCUT2D eigenvalue weighted by atomic mass is 10.0. The lowest BCUT2D eigenvalue weighted by molar-refractivity contribution is -0.127. The molecule has 3 rings (SSSR count). The van der Waals surface area contributed by atoms with Crippen LogP contribution in [-0.2, 0) is 9.59 Å². The van der Waals surface area contributed by atoms with Crippen molar-refractivity contribution < 1.29 is 14.4 Å². The molecule has 2 aromatic rings. The van der Waals surface area contributed by atoms with Gasteiger partial charge in [-0.15, -0.1) is 0 Å². The summed E-state index contributed by atoms with van der Waals surface area (Å²) in [5.41, 5.74) is 1.93. The summed E-state index contributed by atoms with van der Waals surface area (Å²) >= 11 is 0. The van der Waals surface area contributed by atoms with Crippen LogP contribution in [0.2, 0.25) is 0 Å². The summed E-state index contributed by atoms with van der Waals surface area (Å²) in [6.07, 6.45) is 0. The summed E-state index contributed by atoms with van der Waals surface area (Å²) in [6.45, 7) is 1.65.